The molecular formula is C35H33N3O3. The minimum Gasteiger partial charge on any atom is -0.495 e. The van der Waals surface area contributed by atoms with E-state index >= 15 is 0 Å². The van der Waals surface area contributed by atoms with Gasteiger partial charge in [0, 0.05) is 12.6 Å². The zero-order valence-electron chi connectivity index (χ0n) is 23.3. The maximum Gasteiger partial charge on any atom is 0.266 e. The van der Waals surface area contributed by atoms with Crippen LogP contribution >= 0.6 is 0 Å². The second-order valence-electron chi connectivity index (χ2n) is 9.73. The summed E-state index contributed by atoms with van der Waals surface area (Å²) in [6, 6.07) is 34.1. The highest BCUT2D eigenvalue weighted by atomic mass is 16.5. The molecular weight excluding hydrogens is 510 g/mol. The average molecular weight is 544 g/mol. The van der Waals surface area contributed by atoms with Gasteiger partial charge in [0.25, 0.3) is 5.56 Å². The van der Waals surface area contributed by atoms with E-state index in [1.807, 2.05) is 109 Å². The Morgan fingerprint density at radius 2 is 1.56 bits per heavy atom. The summed E-state index contributed by atoms with van der Waals surface area (Å²) < 4.78 is 7.27. The van der Waals surface area contributed by atoms with Crippen LogP contribution in [0.4, 0.5) is 0 Å². The summed E-state index contributed by atoms with van der Waals surface area (Å²) in [5, 5.41) is 0.503. The first-order valence-electron chi connectivity index (χ1n) is 13.8. The smallest absolute Gasteiger partial charge is 0.266 e. The lowest BCUT2D eigenvalue weighted by molar-refractivity contribution is -0.128. The van der Waals surface area contributed by atoms with Gasteiger partial charge in [0.15, 0.2) is 0 Å². The Labute approximate surface area is 240 Å². The quantitative estimate of drug-likeness (QED) is 0.186. The number of hydrogen-bond donors (Lipinski definition) is 0. The molecule has 0 aliphatic heterocycles. The topological polar surface area (TPSA) is 64.4 Å². The molecule has 206 valence electrons. The van der Waals surface area contributed by atoms with Crippen LogP contribution < -0.4 is 10.3 Å². The number of methoxy groups -OCH3 is 1. The lowest BCUT2D eigenvalue weighted by Crippen LogP contribution is -2.39. The minimum absolute atomic E-state index is 0.148. The molecule has 0 radical (unpaired) electrons. The van der Waals surface area contributed by atoms with Gasteiger partial charge in [-0.3, -0.25) is 14.2 Å². The second-order valence-corrected chi connectivity index (χ2v) is 9.73. The Morgan fingerprint density at radius 3 is 2.29 bits per heavy atom. The maximum absolute atomic E-state index is 14.1. The van der Waals surface area contributed by atoms with Crippen LogP contribution in [0.15, 0.2) is 120 Å². The monoisotopic (exact) mass is 543 g/mol. The van der Waals surface area contributed by atoms with Crippen LogP contribution in [0, 0.1) is 0 Å². The number of nitrogens with zero attached hydrogens (tertiary/aromatic N) is 3. The van der Waals surface area contributed by atoms with Crippen molar-refractivity contribution in [1.29, 1.82) is 0 Å². The first kappa shape index (κ1) is 27.6. The van der Waals surface area contributed by atoms with E-state index in [0.29, 0.717) is 47.6 Å². The van der Waals surface area contributed by atoms with Gasteiger partial charge in [-0.2, -0.15) is 0 Å². The van der Waals surface area contributed by atoms with Crippen molar-refractivity contribution >= 4 is 22.9 Å². The van der Waals surface area contributed by atoms with Gasteiger partial charge < -0.3 is 9.64 Å². The molecule has 0 fully saturated rings. The molecule has 1 amide bonds. The Morgan fingerprint density at radius 1 is 0.902 bits per heavy atom. The molecule has 6 heteroatoms. The number of rotatable bonds is 10. The molecule has 0 aliphatic carbocycles. The van der Waals surface area contributed by atoms with Crippen molar-refractivity contribution in [3.63, 3.8) is 0 Å². The van der Waals surface area contributed by atoms with Crippen LogP contribution in [0.5, 0.6) is 5.75 Å². The summed E-state index contributed by atoms with van der Waals surface area (Å²) in [4.78, 5) is 34.9. The predicted octanol–water partition coefficient (Wildman–Crippen LogP) is 6.63. The minimum atomic E-state index is -0.478. The van der Waals surface area contributed by atoms with Crippen molar-refractivity contribution in [3.8, 4) is 11.4 Å². The lowest BCUT2D eigenvalue weighted by Gasteiger charge is -2.32. The summed E-state index contributed by atoms with van der Waals surface area (Å²) in [6.07, 6.45) is 4.65. The highest BCUT2D eigenvalue weighted by molar-refractivity contribution is 5.92. The molecule has 0 N–H and O–H groups in total. The molecule has 0 spiro atoms. The van der Waals surface area contributed by atoms with Crippen molar-refractivity contribution in [3.05, 3.63) is 143 Å². The van der Waals surface area contributed by atoms with Gasteiger partial charge >= 0.3 is 0 Å². The normalized spacial score (nSPS) is 12.0. The van der Waals surface area contributed by atoms with Gasteiger partial charge in [0.2, 0.25) is 5.91 Å². The molecule has 6 nitrogen and oxygen atoms in total. The molecule has 41 heavy (non-hydrogen) atoms. The van der Waals surface area contributed by atoms with Crippen molar-refractivity contribution in [2.24, 2.45) is 0 Å². The SMILES string of the molecule is CCC(c1nc2ccccc2c(=O)n1-c1ccccc1OC)N(CCc1ccccc1)C(=O)/C=C/c1ccccc1. The first-order valence-corrected chi connectivity index (χ1v) is 13.8. The molecule has 5 rings (SSSR count). The number of ether oxygens (including phenoxy) is 1. The molecule has 1 atom stereocenters. The van der Waals surface area contributed by atoms with Gasteiger partial charge in [0.1, 0.15) is 11.6 Å². The maximum atomic E-state index is 14.1. The van der Waals surface area contributed by atoms with E-state index in [4.69, 9.17) is 9.72 Å². The number of aromatic nitrogens is 2. The average Bonchev–Trinajstić information content (AvgIpc) is 3.03. The number of carbonyl (C=O) groups is 1. The summed E-state index contributed by atoms with van der Waals surface area (Å²) in [7, 11) is 1.58. The van der Waals surface area contributed by atoms with E-state index in [2.05, 4.69) is 12.1 Å². The lowest BCUT2D eigenvalue weighted by atomic mass is 10.1. The predicted molar refractivity (Wildman–Crippen MR) is 164 cm³/mol. The van der Waals surface area contributed by atoms with Crippen LogP contribution in [-0.4, -0.2) is 34.0 Å². The zero-order chi connectivity index (χ0) is 28.6. The van der Waals surface area contributed by atoms with Crippen LogP contribution in [-0.2, 0) is 11.2 Å². The third kappa shape index (κ3) is 6.12. The number of benzene rings is 4. The van der Waals surface area contributed by atoms with E-state index in [9.17, 15) is 9.59 Å². The Balaban J connectivity index is 1.66. The first-order chi connectivity index (χ1) is 20.1. The summed E-state index contributed by atoms with van der Waals surface area (Å²) in [5.74, 6) is 0.898. The Kier molecular flexibility index (Phi) is 8.70. The fourth-order valence-corrected chi connectivity index (χ4v) is 5.10. The molecule has 0 saturated carbocycles. The van der Waals surface area contributed by atoms with Gasteiger partial charge in [-0.15, -0.1) is 0 Å². The summed E-state index contributed by atoms with van der Waals surface area (Å²) >= 11 is 0. The molecule has 4 aromatic carbocycles. The van der Waals surface area contributed by atoms with Gasteiger partial charge in [-0.1, -0.05) is 91.9 Å². The molecule has 0 saturated heterocycles. The van der Waals surface area contributed by atoms with Crippen LogP contribution in [0.3, 0.4) is 0 Å². The largest absolute Gasteiger partial charge is 0.495 e. The third-order valence-corrected chi connectivity index (χ3v) is 7.17. The number of fused-ring (bicyclic) bond motifs is 1. The molecule has 5 aromatic rings. The van der Waals surface area contributed by atoms with E-state index in [1.54, 1.807) is 23.8 Å². The number of para-hydroxylation sites is 3. The second kappa shape index (κ2) is 12.9. The van der Waals surface area contributed by atoms with Crippen LogP contribution in [0.1, 0.15) is 36.3 Å². The molecule has 1 aromatic heterocycles. The van der Waals surface area contributed by atoms with Crippen molar-refractivity contribution in [2.45, 2.75) is 25.8 Å². The molecule has 0 aliphatic rings. The number of hydrogen-bond acceptors (Lipinski definition) is 4. The summed E-state index contributed by atoms with van der Waals surface area (Å²) in [5.41, 5.74) is 3.03. The van der Waals surface area contributed by atoms with E-state index in [0.717, 1.165) is 11.1 Å². The highest BCUT2D eigenvalue weighted by Gasteiger charge is 2.29. The Bertz CT molecular complexity index is 1710. The Hall–Kier alpha value is -4.97. The standard InChI is InChI=1S/C35H33N3O3/c1-3-30(37(25-24-27-16-8-5-9-17-27)33(39)23-22-26-14-6-4-7-15-26)34-36-29-19-11-10-18-28(29)35(40)38(34)31-20-12-13-21-32(31)41-2/h4-23,30H,3,24-25H2,1-2H3/b23-22+. The third-order valence-electron chi connectivity index (χ3n) is 7.17. The van der Waals surface area contributed by atoms with Crippen LogP contribution in [0.2, 0.25) is 0 Å². The van der Waals surface area contributed by atoms with E-state index in [-0.39, 0.29) is 11.5 Å². The molecule has 1 unspecified atom stereocenters. The van der Waals surface area contributed by atoms with Crippen molar-refractivity contribution in [2.75, 3.05) is 13.7 Å². The van der Waals surface area contributed by atoms with Crippen LogP contribution in [0.25, 0.3) is 22.7 Å². The van der Waals surface area contributed by atoms with Gasteiger partial charge in [-0.05, 0) is 54.3 Å². The van der Waals surface area contributed by atoms with E-state index in [1.165, 1.54) is 0 Å². The van der Waals surface area contributed by atoms with Crippen molar-refractivity contribution in [1.82, 2.24) is 14.5 Å². The number of carbonyl (C=O) groups excluding carboxylic acids is 1. The zero-order valence-corrected chi connectivity index (χ0v) is 23.3. The van der Waals surface area contributed by atoms with Gasteiger partial charge in [0.05, 0.1) is 29.7 Å². The molecule has 1 heterocycles. The summed E-state index contributed by atoms with van der Waals surface area (Å²) in [6.45, 7) is 2.47. The fourth-order valence-electron chi connectivity index (χ4n) is 5.10. The van der Waals surface area contributed by atoms with Crippen molar-refractivity contribution < 1.29 is 9.53 Å². The fraction of sp³-hybridized carbons (Fsp3) is 0.171. The highest BCUT2D eigenvalue weighted by Crippen LogP contribution is 2.30. The van der Waals surface area contributed by atoms with Gasteiger partial charge in [-0.25, -0.2) is 4.98 Å². The molecule has 0 bridgehead atoms. The van der Waals surface area contributed by atoms with E-state index < -0.39 is 6.04 Å². The number of amides is 1.